The molecule has 0 radical (unpaired) electrons. The van der Waals surface area contributed by atoms with Crippen LogP contribution >= 0.6 is 27.3 Å². The van der Waals surface area contributed by atoms with Gasteiger partial charge in [-0.2, -0.15) is 13.2 Å². The number of benzene rings is 1. The minimum absolute atomic E-state index is 0.0358. The number of rotatable bonds is 1. The van der Waals surface area contributed by atoms with Gasteiger partial charge in [0.1, 0.15) is 0 Å². The van der Waals surface area contributed by atoms with Gasteiger partial charge in [0.05, 0.1) is 11.3 Å². The molecule has 1 aromatic carbocycles. The molecule has 17 heavy (non-hydrogen) atoms. The number of aromatic nitrogens is 1. The van der Waals surface area contributed by atoms with Crippen molar-refractivity contribution in [3.63, 3.8) is 0 Å². The largest absolute Gasteiger partial charge is 0.417 e. The van der Waals surface area contributed by atoms with Crippen LogP contribution in [0, 0.1) is 0 Å². The van der Waals surface area contributed by atoms with Crippen LogP contribution in [0.15, 0.2) is 28.1 Å². The molecule has 2 rings (SSSR count). The summed E-state index contributed by atoms with van der Waals surface area (Å²) in [6.45, 7) is 0. The molecule has 0 saturated carbocycles. The van der Waals surface area contributed by atoms with Gasteiger partial charge in [-0.15, -0.1) is 11.3 Å². The van der Waals surface area contributed by atoms with Crippen molar-refractivity contribution < 1.29 is 13.2 Å². The van der Waals surface area contributed by atoms with Crippen molar-refractivity contribution >= 4 is 32.4 Å². The van der Waals surface area contributed by atoms with Gasteiger partial charge < -0.3 is 5.73 Å². The smallest absolute Gasteiger partial charge is 0.375 e. The Bertz CT molecular complexity index is 551. The average Bonchev–Trinajstić information content (AvgIpc) is 2.63. The maximum absolute atomic E-state index is 12.8. The minimum atomic E-state index is -4.42. The van der Waals surface area contributed by atoms with Gasteiger partial charge in [-0.1, -0.05) is 22.0 Å². The summed E-state index contributed by atoms with van der Waals surface area (Å²) >= 11 is 4.13. The summed E-state index contributed by atoms with van der Waals surface area (Å²) in [5.41, 5.74) is 4.98. The molecule has 0 bridgehead atoms. The fraction of sp³-hybridized carbons (Fsp3) is 0.100. The van der Waals surface area contributed by atoms with E-state index < -0.39 is 11.7 Å². The lowest BCUT2D eigenvalue weighted by atomic mass is 10.1. The predicted molar refractivity (Wildman–Crippen MR) is 64.7 cm³/mol. The van der Waals surface area contributed by atoms with Gasteiger partial charge >= 0.3 is 6.18 Å². The molecule has 1 heterocycles. The molecule has 0 atom stereocenters. The van der Waals surface area contributed by atoms with Gasteiger partial charge in [0.25, 0.3) is 0 Å². The second-order valence-corrected chi connectivity index (χ2v) is 5.06. The van der Waals surface area contributed by atoms with Gasteiger partial charge in [-0.25, -0.2) is 4.98 Å². The Hall–Kier alpha value is -1.08. The van der Waals surface area contributed by atoms with E-state index in [4.69, 9.17) is 5.73 Å². The van der Waals surface area contributed by atoms with Crippen molar-refractivity contribution in [2.24, 2.45) is 0 Å². The van der Waals surface area contributed by atoms with Crippen LogP contribution in [0.1, 0.15) is 5.56 Å². The first-order valence-electron chi connectivity index (χ1n) is 4.46. The van der Waals surface area contributed by atoms with Crippen LogP contribution in [0.5, 0.6) is 0 Å². The van der Waals surface area contributed by atoms with Crippen LogP contribution in [0.25, 0.3) is 11.3 Å². The summed E-state index contributed by atoms with van der Waals surface area (Å²) in [4.78, 5) is 3.87. The van der Waals surface area contributed by atoms with Crippen molar-refractivity contribution in [2.45, 2.75) is 6.18 Å². The molecule has 0 spiro atoms. The molecule has 0 unspecified atom stereocenters. The summed E-state index contributed by atoms with van der Waals surface area (Å²) in [6.07, 6.45) is -4.42. The first kappa shape index (κ1) is 12.4. The molecular weight excluding hydrogens is 317 g/mol. The molecular formula is C10H6BrF3N2S. The summed E-state index contributed by atoms with van der Waals surface area (Å²) in [6, 6.07) is 3.95. The average molecular weight is 323 g/mol. The molecule has 1 aromatic heterocycles. The minimum Gasteiger partial charge on any atom is -0.375 e. The lowest BCUT2D eigenvalue weighted by molar-refractivity contribution is -0.137. The van der Waals surface area contributed by atoms with Crippen LogP contribution in [0.2, 0.25) is 0 Å². The number of nitrogen functional groups attached to an aromatic ring is 1. The third kappa shape index (κ3) is 2.61. The fourth-order valence-corrected chi connectivity index (χ4v) is 2.31. The third-order valence-electron chi connectivity index (χ3n) is 2.08. The molecule has 7 heteroatoms. The molecule has 90 valence electrons. The van der Waals surface area contributed by atoms with Crippen molar-refractivity contribution in [1.82, 2.24) is 4.98 Å². The summed E-state index contributed by atoms with van der Waals surface area (Å²) < 4.78 is 38.9. The highest BCUT2D eigenvalue weighted by atomic mass is 79.9. The zero-order chi connectivity index (χ0) is 12.6. The molecule has 0 fully saturated rings. The van der Waals surface area contributed by atoms with Crippen LogP contribution in [0.4, 0.5) is 18.3 Å². The molecule has 2 N–H and O–H groups in total. The Kier molecular flexibility index (Phi) is 3.13. The van der Waals surface area contributed by atoms with Gasteiger partial charge in [0.15, 0.2) is 5.13 Å². The van der Waals surface area contributed by atoms with Crippen molar-refractivity contribution in [3.05, 3.63) is 33.6 Å². The molecule has 2 aromatic rings. The van der Waals surface area contributed by atoms with Crippen LogP contribution < -0.4 is 5.73 Å². The third-order valence-corrected chi connectivity index (χ3v) is 3.25. The quantitative estimate of drug-likeness (QED) is 0.855. The number of anilines is 1. The second kappa shape index (κ2) is 4.30. The summed E-state index contributed by atoms with van der Waals surface area (Å²) in [7, 11) is 0. The monoisotopic (exact) mass is 322 g/mol. The van der Waals surface area contributed by atoms with E-state index in [0.29, 0.717) is 4.47 Å². The Balaban J connectivity index is 2.61. The highest BCUT2D eigenvalue weighted by molar-refractivity contribution is 9.10. The zero-order valence-electron chi connectivity index (χ0n) is 8.25. The molecule has 0 saturated heterocycles. The topological polar surface area (TPSA) is 38.9 Å². The van der Waals surface area contributed by atoms with Crippen LogP contribution in [-0.4, -0.2) is 4.98 Å². The number of thiazole rings is 1. The lowest BCUT2D eigenvalue weighted by Crippen LogP contribution is -2.07. The van der Waals surface area contributed by atoms with Crippen LogP contribution in [0.3, 0.4) is 0 Å². The van der Waals surface area contributed by atoms with Crippen molar-refractivity contribution in [3.8, 4) is 11.3 Å². The number of hydrogen-bond acceptors (Lipinski definition) is 3. The number of alkyl halides is 3. The van der Waals surface area contributed by atoms with Crippen molar-refractivity contribution in [2.75, 3.05) is 5.73 Å². The van der Waals surface area contributed by atoms with Gasteiger partial charge in [0, 0.05) is 15.4 Å². The van der Waals surface area contributed by atoms with E-state index in [9.17, 15) is 13.2 Å². The van der Waals surface area contributed by atoms with E-state index in [1.807, 2.05) is 0 Å². The van der Waals surface area contributed by atoms with E-state index in [-0.39, 0.29) is 16.4 Å². The van der Waals surface area contributed by atoms with E-state index in [1.165, 1.54) is 11.4 Å². The van der Waals surface area contributed by atoms with E-state index in [2.05, 4.69) is 20.9 Å². The van der Waals surface area contributed by atoms with E-state index >= 15 is 0 Å². The Morgan fingerprint density at radius 1 is 1.29 bits per heavy atom. The predicted octanol–water partition coefficient (Wildman–Crippen LogP) is 4.17. The molecule has 0 aliphatic heterocycles. The van der Waals surface area contributed by atoms with Crippen molar-refractivity contribution in [1.29, 1.82) is 0 Å². The fourth-order valence-electron chi connectivity index (χ4n) is 1.39. The van der Waals surface area contributed by atoms with Crippen LogP contribution in [-0.2, 0) is 6.18 Å². The van der Waals surface area contributed by atoms with Gasteiger partial charge in [-0.3, -0.25) is 0 Å². The SMILES string of the molecule is Nc1nc(-c2ccc(Br)cc2C(F)(F)F)cs1. The molecule has 0 amide bonds. The summed E-state index contributed by atoms with van der Waals surface area (Å²) in [5, 5.41) is 1.75. The number of hydrogen-bond donors (Lipinski definition) is 1. The standard InChI is InChI=1S/C10H6BrF3N2S/c11-5-1-2-6(7(3-5)10(12,13)14)8-4-17-9(15)16-8/h1-4H,(H2,15,16). The maximum atomic E-state index is 12.8. The van der Waals surface area contributed by atoms with E-state index in [0.717, 1.165) is 17.4 Å². The first-order valence-corrected chi connectivity index (χ1v) is 6.13. The Morgan fingerprint density at radius 3 is 2.53 bits per heavy atom. The second-order valence-electron chi connectivity index (χ2n) is 3.26. The zero-order valence-corrected chi connectivity index (χ0v) is 10.7. The van der Waals surface area contributed by atoms with Gasteiger partial charge in [0.2, 0.25) is 0 Å². The molecule has 0 aliphatic rings. The number of nitrogens with two attached hydrogens (primary N) is 1. The first-order chi connectivity index (χ1) is 7.88. The number of halogens is 4. The lowest BCUT2D eigenvalue weighted by Gasteiger charge is -2.11. The highest BCUT2D eigenvalue weighted by Crippen LogP contribution is 2.38. The number of nitrogens with zero attached hydrogens (tertiary/aromatic N) is 1. The summed E-state index contributed by atoms with van der Waals surface area (Å²) in [5.74, 6) is 0. The Morgan fingerprint density at radius 2 is 2.00 bits per heavy atom. The normalized spacial score (nSPS) is 11.8. The highest BCUT2D eigenvalue weighted by Gasteiger charge is 2.34. The Labute approximate surface area is 107 Å². The maximum Gasteiger partial charge on any atom is 0.417 e. The van der Waals surface area contributed by atoms with Gasteiger partial charge in [-0.05, 0) is 12.1 Å². The van der Waals surface area contributed by atoms with E-state index in [1.54, 1.807) is 6.07 Å². The molecule has 2 nitrogen and oxygen atoms in total. The molecule has 0 aliphatic carbocycles.